The van der Waals surface area contributed by atoms with Crippen molar-refractivity contribution in [3.05, 3.63) is 54.4 Å². The number of aromatic nitrogens is 3. The van der Waals surface area contributed by atoms with Crippen LogP contribution in [0.25, 0.3) is 21.9 Å². The summed E-state index contributed by atoms with van der Waals surface area (Å²) < 4.78 is 5.57. The van der Waals surface area contributed by atoms with Crippen LogP contribution in [0.15, 0.2) is 48.8 Å². The van der Waals surface area contributed by atoms with Gasteiger partial charge in [0.2, 0.25) is 0 Å². The summed E-state index contributed by atoms with van der Waals surface area (Å²) in [6.07, 6.45) is 1.66. The molecule has 6 nitrogen and oxygen atoms in total. The fourth-order valence-corrected chi connectivity index (χ4v) is 4.45. The normalized spacial score (nSPS) is 17.3. The highest BCUT2D eigenvalue weighted by Crippen LogP contribution is 2.35. The first-order chi connectivity index (χ1) is 14.2. The Hall–Kier alpha value is -3.28. The standard InChI is InChI=1S/C23H25N5O/c1-15-6-4-7-17(12-15)28-11-10-27(13-16(28)2)23-22-21(24-14-25-23)20-18(26-22)8-5-9-19(20)29-3/h4-9,12,14,16,26H,10-11,13H2,1-3H3. The SMILES string of the molecule is COc1cccc2[nH]c3c(N4CCN(c5cccc(C)c5)C(C)C4)ncnc3c12. The minimum Gasteiger partial charge on any atom is -0.496 e. The molecule has 1 N–H and O–H groups in total. The number of hydrogen-bond donors (Lipinski definition) is 1. The number of H-pyrrole nitrogens is 1. The number of benzene rings is 2. The molecule has 2 aromatic heterocycles. The molecule has 0 bridgehead atoms. The van der Waals surface area contributed by atoms with Crippen LogP contribution < -0.4 is 14.5 Å². The zero-order valence-corrected chi connectivity index (χ0v) is 17.0. The topological polar surface area (TPSA) is 57.3 Å². The van der Waals surface area contributed by atoms with E-state index in [-0.39, 0.29) is 0 Å². The molecule has 1 aliphatic rings. The lowest BCUT2D eigenvalue weighted by Crippen LogP contribution is -2.52. The van der Waals surface area contributed by atoms with E-state index in [1.54, 1.807) is 13.4 Å². The molecule has 148 valence electrons. The van der Waals surface area contributed by atoms with Crippen LogP contribution in [0.2, 0.25) is 0 Å². The average molecular weight is 387 g/mol. The van der Waals surface area contributed by atoms with Crippen molar-refractivity contribution >= 4 is 33.4 Å². The number of ether oxygens (including phenoxy) is 1. The summed E-state index contributed by atoms with van der Waals surface area (Å²) in [7, 11) is 1.70. The summed E-state index contributed by atoms with van der Waals surface area (Å²) in [5, 5.41) is 1.01. The van der Waals surface area contributed by atoms with E-state index in [1.165, 1.54) is 11.3 Å². The molecule has 1 saturated heterocycles. The third-order valence-electron chi connectivity index (χ3n) is 5.83. The number of piperazine rings is 1. The van der Waals surface area contributed by atoms with Gasteiger partial charge < -0.3 is 19.5 Å². The van der Waals surface area contributed by atoms with Crippen molar-refractivity contribution in [3.63, 3.8) is 0 Å². The van der Waals surface area contributed by atoms with Crippen molar-refractivity contribution in [3.8, 4) is 5.75 Å². The van der Waals surface area contributed by atoms with E-state index in [0.717, 1.165) is 53.1 Å². The monoisotopic (exact) mass is 387 g/mol. The number of fused-ring (bicyclic) bond motifs is 3. The Morgan fingerprint density at radius 2 is 1.97 bits per heavy atom. The molecule has 0 saturated carbocycles. The van der Waals surface area contributed by atoms with Gasteiger partial charge >= 0.3 is 0 Å². The van der Waals surface area contributed by atoms with Crippen molar-refractivity contribution in [1.29, 1.82) is 0 Å². The van der Waals surface area contributed by atoms with Crippen LogP contribution in [0, 0.1) is 6.92 Å². The Morgan fingerprint density at radius 1 is 1.10 bits per heavy atom. The van der Waals surface area contributed by atoms with E-state index >= 15 is 0 Å². The third kappa shape index (κ3) is 2.95. The van der Waals surface area contributed by atoms with Gasteiger partial charge in [-0.3, -0.25) is 0 Å². The van der Waals surface area contributed by atoms with Gasteiger partial charge in [-0.25, -0.2) is 9.97 Å². The summed E-state index contributed by atoms with van der Waals surface area (Å²) in [5.41, 5.74) is 5.49. The van der Waals surface area contributed by atoms with E-state index in [9.17, 15) is 0 Å². The maximum absolute atomic E-state index is 5.57. The lowest BCUT2D eigenvalue weighted by molar-refractivity contribution is 0.420. The van der Waals surface area contributed by atoms with E-state index in [1.807, 2.05) is 12.1 Å². The van der Waals surface area contributed by atoms with E-state index in [0.29, 0.717) is 6.04 Å². The molecule has 6 heteroatoms. The van der Waals surface area contributed by atoms with Crippen LogP contribution in [-0.2, 0) is 0 Å². The maximum Gasteiger partial charge on any atom is 0.156 e. The first-order valence-electron chi connectivity index (χ1n) is 10.0. The molecule has 5 rings (SSSR count). The Balaban J connectivity index is 1.51. The predicted molar refractivity (Wildman–Crippen MR) is 118 cm³/mol. The molecule has 1 fully saturated rings. The van der Waals surface area contributed by atoms with Crippen LogP contribution in [0.5, 0.6) is 5.75 Å². The molecular formula is C23H25N5O. The summed E-state index contributed by atoms with van der Waals surface area (Å²) >= 11 is 0. The second-order valence-corrected chi connectivity index (χ2v) is 7.76. The first kappa shape index (κ1) is 17.8. The van der Waals surface area contributed by atoms with Crippen molar-refractivity contribution in [2.24, 2.45) is 0 Å². The quantitative estimate of drug-likeness (QED) is 0.572. The lowest BCUT2D eigenvalue weighted by atomic mass is 10.1. The smallest absolute Gasteiger partial charge is 0.156 e. The Morgan fingerprint density at radius 3 is 2.76 bits per heavy atom. The number of nitrogens with zero attached hydrogens (tertiary/aromatic N) is 4. The highest BCUT2D eigenvalue weighted by atomic mass is 16.5. The summed E-state index contributed by atoms with van der Waals surface area (Å²) in [6, 6.07) is 15.1. The number of anilines is 2. The second kappa shape index (κ2) is 6.95. The minimum absolute atomic E-state index is 0.384. The van der Waals surface area contributed by atoms with Crippen LogP contribution in [0.1, 0.15) is 12.5 Å². The molecule has 0 radical (unpaired) electrons. The number of methoxy groups -OCH3 is 1. The van der Waals surface area contributed by atoms with Crippen LogP contribution >= 0.6 is 0 Å². The van der Waals surface area contributed by atoms with E-state index < -0.39 is 0 Å². The lowest BCUT2D eigenvalue weighted by Gasteiger charge is -2.42. The number of rotatable bonds is 3. The third-order valence-corrected chi connectivity index (χ3v) is 5.83. The molecule has 1 unspecified atom stereocenters. The van der Waals surface area contributed by atoms with Gasteiger partial charge in [0.25, 0.3) is 0 Å². The van der Waals surface area contributed by atoms with Gasteiger partial charge in [-0.2, -0.15) is 0 Å². The number of aromatic amines is 1. The van der Waals surface area contributed by atoms with Crippen molar-refractivity contribution in [2.75, 3.05) is 36.5 Å². The molecule has 0 amide bonds. The Kier molecular flexibility index (Phi) is 4.27. The van der Waals surface area contributed by atoms with Gasteiger partial charge in [0, 0.05) is 31.4 Å². The fraction of sp³-hybridized carbons (Fsp3) is 0.304. The average Bonchev–Trinajstić information content (AvgIpc) is 3.12. The molecule has 0 aliphatic carbocycles. The van der Waals surface area contributed by atoms with E-state index in [2.05, 4.69) is 68.9 Å². The van der Waals surface area contributed by atoms with Gasteiger partial charge in [-0.15, -0.1) is 0 Å². The molecule has 2 aromatic carbocycles. The van der Waals surface area contributed by atoms with Crippen molar-refractivity contribution < 1.29 is 4.74 Å². The van der Waals surface area contributed by atoms with Crippen molar-refractivity contribution in [2.45, 2.75) is 19.9 Å². The second-order valence-electron chi connectivity index (χ2n) is 7.76. The van der Waals surface area contributed by atoms with Gasteiger partial charge in [0.1, 0.15) is 23.1 Å². The summed E-state index contributed by atoms with van der Waals surface area (Å²) in [4.78, 5) is 17.6. The van der Waals surface area contributed by atoms with Gasteiger partial charge in [-0.1, -0.05) is 18.2 Å². The molecule has 1 atom stereocenters. The van der Waals surface area contributed by atoms with Crippen LogP contribution in [0.4, 0.5) is 11.5 Å². The van der Waals surface area contributed by atoms with Crippen LogP contribution in [-0.4, -0.2) is 47.7 Å². The summed E-state index contributed by atoms with van der Waals surface area (Å²) in [6.45, 7) is 7.20. The first-order valence-corrected chi connectivity index (χ1v) is 10.0. The van der Waals surface area contributed by atoms with Gasteiger partial charge in [-0.05, 0) is 43.7 Å². The number of aryl methyl sites for hydroxylation is 1. The zero-order valence-electron chi connectivity index (χ0n) is 17.0. The largest absolute Gasteiger partial charge is 0.496 e. The number of nitrogens with one attached hydrogen (secondary N) is 1. The van der Waals surface area contributed by atoms with Crippen LogP contribution in [0.3, 0.4) is 0 Å². The molecule has 0 spiro atoms. The predicted octanol–water partition coefficient (Wildman–Crippen LogP) is 4.14. The molecule has 4 aromatic rings. The minimum atomic E-state index is 0.384. The molecule has 1 aliphatic heterocycles. The Bertz CT molecular complexity index is 1180. The molecular weight excluding hydrogens is 362 g/mol. The van der Waals surface area contributed by atoms with Gasteiger partial charge in [0.15, 0.2) is 5.82 Å². The highest BCUT2D eigenvalue weighted by molar-refractivity contribution is 6.11. The zero-order chi connectivity index (χ0) is 20.0. The van der Waals surface area contributed by atoms with Crippen molar-refractivity contribution in [1.82, 2.24) is 15.0 Å². The van der Waals surface area contributed by atoms with E-state index in [4.69, 9.17) is 4.74 Å². The molecule has 3 heterocycles. The number of hydrogen-bond acceptors (Lipinski definition) is 5. The highest BCUT2D eigenvalue weighted by Gasteiger charge is 2.27. The fourth-order valence-electron chi connectivity index (χ4n) is 4.45. The maximum atomic E-state index is 5.57. The molecule has 29 heavy (non-hydrogen) atoms. The Labute approximate surface area is 170 Å². The summed E-state index contributed by atoms with van der Waals surface area (Å²) in [5.74, 6) is 1.79. The van der Waals surface area contributed by atoms with Gasteiger partial charge in [0.05, 0.1) is 18.0 Å².